The first kappa shape index (κ1) is 19.9. The summed E-state index contributed by atoms with van der Waals surface area (Å²) in [5.74, 6) is 0.978. The number of fused-ring (bicyclic) bond motifs is 3. The van der Waals surface area contributed by atoms with E-state index in [2.05, 4.69) is 41.5 Å². The third-order valence-electron chi connectivity index (χ3n) is 5.67. The van der Waals surface area contributed by atoms with Gasteiger partial charge in [-0.25, -0.2) is 0 Å². The van der Waals surface area contributed by atoms with Crippen LogP contribution in [0.1, 0.15) is 41.5 Å². The smallest absolute Gasteiger partial charge is 0.258 e. The molecule has 0 saturated heterocycles. The SMILES string of the molecule is CC(C)[Si](Oc1ccc2c(c1)sc(=O)c1cc(O)ccc12)(C(C)C)C(C)C. The van der Waals surface area contributed by atoms with Crippen LogP contribution in [0, 0.1) is 0 Å². The lowest BCUT2D eigenvalue weighted by atomic mass is 10.1. The zero-order valence-corrected chi connectivity index (χ0v) is 18.7. The van der Waals surface area contributed by atoms with Gasteiger partial charge in [0.15, 0.2) is 0 Å². The first-order valence-electron chi connectivity index (χ1n) is 9.55. The van der Waals surface area contributed by atoms with Crippen molar-refractivity contribution in [1.29, 1.82) is 0 Å². The zero-order valence-electron chi connectivity index (χ0n) is 16.9. The molecular weight excluding hydrogens is 372 g/mol. The van der Waals surface area contributed by atoms with Crippen LogP contribution >= 0.6 is 11.3 Å². The van der Waals surface area contributed by atoms with Crippen LogP contribution in [0.2, 0.25) is 16.6 Å². The van der Waals surface area contributed by atoms with E-state index in [9.17, 15) is 9.90 Å². The predicted octanol–water partition coefficient (Wildman–Crippen LogP) is 6.67. The molecule has 0 radical (unpaired) electrons. The molecule has 27 heavy (non-hydrogen) atoms. The van der Waals surface area contributed by atoms with Gasteiger partial charge in [0.25, 0.3) is 8.32 Å². The van der Waals surface area contributed by atoms with Gasteiger partial charge in [-0.3, -0.25) is 4.79 Å². The van der Waals surface area contributed by atoms with Gasteiger partial charge in [0.2, 0.25) is 4.74 Å². The van der Waals surface area contributed by atoms with E-state index in [1.165, 1.54) is 11.3 Å². The highest BCUT2D eigenvalue weighted by molar-refractivity contribution is 7.17. The van der Waals surface area contributed by atoms with E-state index in [1.54, 1.807) is 12.1 Å². The molecule has 0 aliphatic heterocycles. The average Bonchev–Trinajstić information content (AvgIpc) is 2.58. The summed E-state index contributed by atoms with van der Waals surface area (Å²) in [7, 11) is -2.04. The monoisotopic (exact) mass is 400 g/mol. The fourth-order valence-corrected chi connectivity index (χ4v) is 10.7. The third kappa shape index (κ3) is 3.39. The van der Waals surface area contributed by atoms with Crippen molar-refractivity contribution in [3.05, 3.63) is 45.9 Å². The summed E-state index contributed by atoms with van der Waals surface area (Å²) >= 11 is 1.21. The van der Waals surface area contributed by atoms with Crippen molar-refractivity contribution < 1.29 is 9.53 Å². The minimum atomic E-state index is -2.04. The molecule has 0 aliphatic carbocycles. The van der Waals surface area contributed by atoms with E-state index in [0.717, 1.165) is 21.2 Å². The van der Waals surface area contributed by atoms with Crippen molar-refractivity contribution in [2.45, 2.75) is 58.2 Å². The van der Waals surface area contributed by atoms with Gasteiger partial charge in [0, 0.05) is 15.5 Å². The van der Waals surface area contributed by atoms with Gasteiger partial charge in [-0.05, 0) is 58.4 Å². The van der Waals surface area contributed by atoms with E-state index in [4.69, 9.17) is 4.43 Å². The second-order valence-corrected chi connectivity index (χ2v) is 14.6. The van der Waals surface area contributed by atoms with Crippen molar-refractivity contribution in [1.82, 2.24) is 0 Å². The molecule has 144 valence electrons. The number of hydrogen-bond acceptors (Lipinski definition) is 4. The molecule has 5 heteroatoms. The van der Waals surface area contributed by atoms with Crippen LogP contribution in [0.3, 0.4) is 0 Å². The Hall–Kier alpha value is -1.85. The van der Waals surface area contributed by atoms with Gasteiger partial charge >= 0.3 is 0 Å². The highest BCUT2D eigenvalue weighted by atomic mass is 32.1. The molecule has 0 fully saturated rings. The zero-order chi connectivity index (χ0) is 19.9. The number of hydrogen-bond donors (Lipinski definition) is 1. The Morgan fingerprint density at radius 3 is 2.04 bits per heavy atom. The maximum atomic E-state index is 12.5. The summed E-state index contributed by atoms with van der Waals surface area (Å²) in [4.78, 5) is 12.5. The van der Waals surface area contributed by atoms with Gasteiger partial charge in [-0.2, -0.15) is 0 Å². The number of phenolic OH excluding ortho intramolecular Hbond substituents is 1. The van der Waals surface area contributed by atoms with E-state index >= 15 is 0 Å². The quantitative estimate of drug-likeness (QED) is 0.384. The number of aromatic hydroxyl groups is 1. The lowest BCUT2D eigenvalue weighted by Crippen LogP contribution is -2.50. The fourth-order valence-electron chi connectivity index (χ4n) is 4.52. The average molecular weight is 401 g/mol. The summed E-state index contributed by atoms with van der Waals surface area (Å²) in [5.41, 5.74) is 1.48. The van der Waals surface area contributed by atoms with Crippen molar-refractivity contribution >= 4 is 40.5 Å². The molecule has 0 saturated carbocycles. The highest BCUT2D eigenvalue weighted by Crippen LogP contribution is 2.43. The lowest BCUT2D eigenvalue weighted by Gasteiger charge is -2.42. The van der Waals surface area contributed by atoms with Crippen molar-refractivity contribution in [2.75, 3.05) is 0 Å². The van der Waals surface area contributed by atoms with Crippen LogP contribution in [0.25, 0.3) is 20.9 Å². The second-order valence-electron chi connectivity index (χ2n) is 8.20. The molecule has 2 aromatic carbocycles. The highest BCUT2D eigenvalue weighted by Gasteiger charge is 2.47. The standard InChI is InChI=1S/C22H28O3SSi/c1-13(2)27(14(3)4,15(5)6)25-17-8-10-19-18-9-7-16(23)11-20(18)22(24)26-21(19)12-17/h7-15,23H,1-6H3. The molecule has 1 aromatic heterocycles. The van der Waals surface area contributed by atoms with Crippen LogP contribution in [0.5, 0.6) is 11.5 Å². The van der Waals surface area contributed by atoms with Gasteiger partial charge in [-0.15, -0.1) is 0 Å². The second kappa shape index (κ2) is 7.28. The molecular formula is C22H28O3SSi. The molecule has 1 heterocycles. The van der Waals surface area contributed by atoms with Crippen LogP contribution < -0.4 is 9.17 Å². The molecule has 0 aliphatic rings. The van der Waals surface area contributed by atoms with Crippen molar-refractivity contribution in [2.24, 2.45) is 0 Å². The van der Waals surface area contributed by atoms with Gasteiger partial charge in [-0.1, -0.05) is 52.9 Å². The first-order valence-corrected chi connectivity index (χ1v) is 12.5. The Labute approximate surface area is 165 Å². The summed E-state index contributed by atoms with van der Waals surface area (Å²) in [6.45, 7) is 13.6. The Kier molecular flexibility index (Phi) is 5.37. The minimum absolute atomic E-state index is 0.0364. The Morgan fingerprint density at radius 2 is 1.44 bits per heavy atom. The number of benzene rings is 2. The van der Waals surface area contributed by atoms with Crippen molar-refractivity contribution in [3.8, 4) is 11.5 Å². The Morgan fingerprint density at radius 1 is 0.852 bits per heavy atom. The van der Waals surface area contributed by atoms with Gasteiger partial charge in [0.05, 0.1) is 0 Å². The molecule has 0 bridgehead atoms. The van der Waals surface area contributed by atoms with Gasteiger partial charge < -0.3 is 9.53 Å². The van der Waals surface area contributed by atoms with E-state index in [-0.39, 0.29) is 10.5 Å². The Bertz CT molecular complexity index is 1020. The van der Waals surface area contributed by atoms with E-state index < -0.39 is 8.32 Å². The summed E-state index contributed by atoms with van der Waals surface area (Å²) in [6, 6.07) is 11.1. The maximum absolute atomic E-state index is 12.5. The topological polar surface area (TPSA) is 46.5 Å². The largest absolute Gasteiger partial charge is 0.543 e. The van der Waals surface area contributed by atoms with Crippen LogP contribution in [-0.2, 0) is 0 Å². The molecule has 3 aromatic rings. The molecule has 1 N–H and O–H groups in total. The lowest BCUT2D eigenvalue weighted by molar-refractivity contribution is 0.476. The molecule has 0 amide bonds. The number of phenols is 1. The molecule has 3 nitrogen and oxygen atoms in total. The Balaban J connectivity index is 2.16. The van der Waals surface area contributed by atoms with Crippen LogP contribution in [0.4, 0.5) is 0 Å². The van der Waals surface area contributed by atoms with Crippen LogP contribution in [0.15, 0.2) is 41.2 Å². The summed E-state index contributed by atoms with van der Waals surface area (Å²) < 4.78 is 7.66. The van der Waals surface area contributed by atoms with Crippen molar-refractivity contribution in [3.63, 3.8) is 0 Å². The normalized spacial score (nSPS) is 12.6. The molecule has 3 rings (SSSR count). The van der Waals surface area contributed by atoms with E-state index in [1.807, 2.05) is 24.3 Å². The summed E-state index contributed by atoms with van der Waals surface area (Å²) in [6.07, 6.45) is 0. The van der Waals surface area contributed by atoms with E-state index in [0.29, 0.717) is 22.0 Å². The minimum Gasteiger partial charge on any atom is -0.543 e. The summed E-state index contributed by atoms with van der Waals surface area (Å²) in [5, 5.41) is 12.2. The van der Waals surface area contributed by atoms with Crippen LogP contribution in [-0.4, -0.2) is 13.4 Å². The van der Waals surface area contributed by atoms with Gasteiger partial charge in [0.1, 0.15) is 11.5 Å². The first-order chi connectivity index (χ1) is 12.7. The predicted molar refractivity (Wildman–Crippen MR) is 119 cm³/mol. The molecule has 0 atom stereocenters. The number of rotatable bonds is 5. The molecule has 0 unspecified atom stereocenters. The fraction of sp³-hybridized carbons (Fsp3) is 0.409. The third-order valence-corrected chi connectivity index (χ3v) is 12.6. The maximum Gasteiger partial charge on any atom is 0.258 e. The molecule has 0 spiro atoms.